The molecule has 0 bridgehead atoms. The molecule has 1 heterocycles. The van der Waals surface area contributed by atoms with Gasteiger partial charge in [-0.2, -0.15) is 0 Å². The van der Waals surface area contributed by atoms with E-state index in [0.29, 0.717) is 0 Å². The van der Waals surface area contributed by atoms with Gasteiger partial charge in [-0.3, -0.25) is 0 Å². The first-order chi connectivity index (χ1) is 11.4. The molecule has 4 aromatic rings. The maximum atomic E-state index is 6.23. The van der Waals surface area contributed by atoms with Gasteiger partial charge < -0.3 is 4.74 Å². The van der Waals surface area contributed by atoms with Gasteiger partial charge in [0, 0.05) is 16.7 Å². The number of para-hydroxylation sites is 2. The minimum Gasteiger partial charge on any atom is -0.456 e. The normalized spacial score (nSPS) is 11.8. The Labute approximate surface area is 134 Å². The minimum absolute atomic E-state index is 0.911. The Kier molecular flexibility index (Phi) is 2.56. The first-order valence-corrected chi connectivity index (χ1v) is 7.80. The molecule has 0 atom stereocenters. The lowest BCUT2D eigenvalue weighted by Crippen LogP contribution is -1.86. The van der Waals surface area contributed by atoms with Crippen LogP contribution in [0.2, 0.25) is 0 Å². The van der Waals surface area contributed by atoms with Gasteiger partial charge in [0.25, 0.3) is 0 Å². The van der Waals surface area contributed by atoms with Gasteiger partial charge in [0.05, 0.1) is 0 Å². The van der Waals surface area contributed by atoms with Crippen molar-refractivity contribution in [2.75, 3.05) is 0 Å². The molecule has 0 saturated carbocycles. The van der Waals surface area contributed by atoms with Crippen molar-refractivity contribution in [1.29, 1.82) is 0 Å². The second kappa shape index (κ2) is 4.72. The molecule has 4 aromatic carbocycles. The van der Waals surface area contributed by atoms with Crippen molar-refractivity contribution in [3.05, 3.63) is 84.9 Å². The van der Waals surface area contributed by atoms with Crippen molar-refractivity contribution in [2.45, 2.75) is 0 Å². The van der Waals surface area contributed by atoms with E-state index in [4.69, 9.17) is 4.74 Å². The van der Waals surface area contributed by atoms with Crippen LogP contribution in [0.3, 0.4) is 0 Å². The zero-order chi connectivity index (χ0) is 15.2. The molecule has 0 N–H and O–H groups in total. The van der Waals surface area contributed by atoms with Crippen molar-refractivity contribution in [3.63, 3.8) is 0 Å². The summed E-state index contributed by atoms with van der Waals surface area (Å²) in [5.74, 6) is 1.82. The van der Waals surface area contributed by atoms with E-state index in [0.717, 1.165) is 22.6 Å². The Morgan fingerprint density at radius 2 is 1.13 bits per heavy atom. The number of ether oxygens (including phenoxy) is 1. The molecule has 0 amide bonds. The van der Waals surface area contributed by atoms with Crippen molar-refractivity contribution >= 4 is 10.8 Å². The van der Waals surface area contributed by atoms with E-state index in [-0.39, 0.29) is 0 Å². The number of hydrogen-bond donors (Lipinski definition) is 0. The topological polar surface area (TPSA) is 9.23 Å². The van der Waals surface area contributed by atoms with E-state index < -0.39 is 0 Å². The third kappa shape index (κ3) is 1.80. The molecule has 1 aliphatic rings. The van der Waals surface area contributed by atoms with Gasteiger partial charge in [-0.15, -0.1) is 0 Å². The molecule has 23 heavy (non-hydrogen) atoms. The highest BCUT2D eigenvalue weighted by atomic mass is 16.5. The molecule has 1 nitrogen and oxygen atoms in total. The molecule has 108 valence electrons. The molecular weight excluding hydrogens is 280 g/mol. The quantitative estimate of drug-likeness (QED) is 0.326. The van der Waals surface area contributed by atoms with Gasteiger partial charge in [-0.25, -0.2) is 0 Å². The highest BCUT2D eigenvalue weighted by molar-refractivity contribution is 6.06. The summed E-state index contributed by atoms with van der Waals surface area (Å²) in [6.45, 7) is 0. The lowest BCUT2D eigenvalue weighted by molar-refractivity contribution is 0.488. The lowest BCUT2D eigenvalue weighted by Gasteiger charge is -2.12. The fraction of sp³-hybridized carbons (Fsp3) is 0. The number of fused-ring (bicyclic) bond motifs is 7. The van der Waals surface area contributed by atoms with Crippen LogP contribution in [-0.4, -0.2) is 0 Å². The van der Waals surface area contributed by atoms with Crippen LogP contribution in [0.25, 0.3) is 33.0 Å². The molecule has 1 heteroatoms. The Balaban J connectivity index is 2.01. The summed E-state index contributed by atoms with van der Waals surface area (Å²) in [5.41, 5.74) is 4.77. The van der Waals surface area contributed by atoms with Crippen LogP contribution in [0.4, 0.5) is 0 Å². The fourth-order valence-electron chi connectivity index (χ4n) is 3.44. The summed E-state index contributed by atoms with van der Waals surface area (Å²) in [6.07, 6.45) is 0. The Morgan fingerprint density at radius 1 is 0.478 bits per heavy atom. The van der Waals surface area contributed by atoms with Crippen molar-refractivity contribution < 1.29 is 4.74 Å². The molecule has 0 unspecified atom stereocenters. The van der Waals surface area contributed by atoms with Gasteiger partial charge in [0.1, 0.15) is 11.5 Å². The van der Waals surface area contributed by atoms with Gasteiger partial charge >= 0.3 is 0 Å². The molecule has 0 saturated heterocycles. The summed E-state index contributed by atoms with van der Waals surface area (Å²) >= 11 is 0. The SMILES string of the molecule is c1ccc2c(c1)Oc1ccccc1-c1c-2ccc2ccccc12. The van der Waals surface area contributed by atoms with Crippen LogP contribution in [0.5, 0.6) is 11.5 Å². The van der Waals surface area contributed by atoms with E-state index >= 15 is 0 Å². The average molecular weight is 294 g/mol. The van der Waals surface area contributed by atoms with E-state index in [1.807, 2.05) is 24.3 Å². The van der Waals surface area contributed by atoms with Gasteiger partial charge in [-0.1, -0.05) is 72.8 Å². The number of hydrogen-bond acceptors (Lipinski definition) is 1. The first kappa shape index (κ1) is 12.5. The monoisotopic (exact) mass is 294 g/mol. The predicted octanol–water partition coefficient (Wildman–Crippen LogP) is 6.28. The highest BCUT2D eigenvalue weighted by Crippen LogP contribution is 2.48. The summed E-state index contributed by atoms with van der Waals surface area (Å²) in [5, 5.41) is 2.51. The second-order valence-corrected chi connectivity index (χ2v) is 5.80. The smallest absolute Gasteiger partial charge is 0.135 e. The second-order valence-electron chi connectivity index (χ2n) is 5.80. The van der Waals surface area contributed by atoms with Crippen LogP contribution in [0, 0.1) is 0 Å². The van der Waals surface area contributed by atoms with Crippen molar-refractivity contribution in [1.82, 2.24) is 0 Å². The maximum absolute atomic E-state index is 6.23. The Hall–Kier alpha value is -3.06. The molecular formula is C22H14O. The summed E-state index contributed by atoms with van der Waals surface area (Å²) in [7, 11) is 0. The maximum Gasteiger partial charge on any atom is 0.135 e. The molecule has 5 rings (SSSR count). The minimum atomic E-state index is 0.911. The largest absolute Gasteiger partial charge is 0.456 e. The standard InChI is InChI=1S/C22H14O/c1-2-8-16-15(7-1)13-14-18-17-9-3-5-11-20(17)23-21-12-6-4-10-19(21)22(16)18/h1-14H. The van der Waals surface area contributed by atoms with Gasteiger partial charge in [0.2, 0.25) is 0 Å². The van der Waals surface area contributed by atoms with Gasteiger partial charge in [-0.05, 0) is 28.5 Å². The van der Waals surface area contributed by atoms with Crippen LogP contribution in [0.1, 0.15) is 0 Å². The van der Waals surface area contributed by atoms with E-state index in [1.54, 1.807) is 0 Å². The third-order valence-electron chi connectivity index (χ3n) is 4.48. The van der Waals surface area contributed by atoms with Crippen molar-refractivity contribution in [2.24, 2.45) is 0 Å². The highest BCUT2D eigenvalue weighted by Gasteiger charge is 2.21. The zero-order valence-electron chi connectivity index (χ0n) is 12.5. The van der Waals surface area contributed by atoms with E-state index in [1.165, 1.54) is 21.9 Å². The van der Waals surface area contributed by atoms with Crippen LogP contribution < -0.4 is 4.74 Å². The summed E-state index contributed by atoms with van der Waals surface area (Å²) in [6, 6.07) is 29.5. The molecule has 0 aromatic heterocycles. The van der Waals surface area contributed by atoms with Crippen molar-refractivity contribution in [3.8, 4) is 33.8 Å². The predicted molar refractivity (Wildman–Crippen MR) is 94.9 cm³/mol. The molecule has 0 aliphatic carbocycles. The Bertz CT molecular complexity index is 1050. The van der Waals surface area contributed by atoms with Crippen LogP contribution in [0.15, 0.2) is 84.9 Å². The molecule has 1 aliphatic heterocycles. The summed E-state index contributed by atoms with van der Waals surface area (Å²) < 4.78 is 6.23. The lowest BCUT2D eigenvalue weighted by atomic mass is 9.90. The zero-order valence-corrected chi connectivity index (χ0v) is 12.5. The molecule has 0 fully saturated rings. The first-order valence-electron chi connectivity index (χ1n) is 7.80. The molecule has 0 radical (unpaired) electrons. The fourth-order valence-corrected chi connectivity index (χ4v) is 3.44. The van der Waals surface area contributed by atoms with Crippen LogP contribution >= 0.6 is 0 Å². The van der Waals surface area contributed by atoms with E-state index in [9.17, 15) is 0 Å². The summed E-state index contributed by atoms with van der Waals surface area (Å²) in [4.78, 5) is 0. The number of benzene rings is 4. The molecule has 0 spiro atoms. The average Bonchev–Trinajstić information content (AvgIpc) is 2.76. The van der Waals surface area contributed by atoms with Gasteiger partial charge in [0.15, 0.2) is 0 Å². The third-order valence-corrected chi connectivity index (χ3v) is 4.48. The Morgan fingerprint density at radius 3 is 2.00 bits per heavy atom. The van der Waals surface area contributed by atoms with E-state index in [2.05, 4.69) is 60.7 Å². The number of rotatable bonds is 0. The van der Waals surface area contributed by atoms with Crippen LogP contribution in [-0.2, 0) is 0 Å².